The average molecular weight is 309 g/mol. The summed E-state index contributed by atoms with van der Waals surface area (Å²) in [6.45, 7) is -3.18. The van der Waals surface area contributed by atoms with E-state index in [-0.39, 0.29) is 10.7 Å². The lowest BCUT2D eigenvalue weighted by Crippen LogP contribution is -2.20. The molecule has 0 aliphatic carbocycles. The zero-order chi connectivity index (χ0) is 15.7. The summed E-state index contributed by atoms with van der Waals surface area (Å²) in [6, 6.07) is 0.788. The molecule has 1 aromatic heterocycles. The van der Waals surface area contributed by atoms with Crippen molar-refractivity contribution in [1.82, 2.24) is 9.78 Å². The molecule has 4 nitrogen and oxygen atoms in total. The van der Waals surface area contributed by atoms with Gasteiger partial charge in [0.05, 0.1) is 0 Å². The summed E-state index contributed by atoms with van der Waals surface area (Å²) in [4.78, 5) is 11.6. The molecular weight excluding hydrogens is 304 g/mol. The first-order chi connectivity index (χ1) is 9.82. The number of benzene rings is 1. The summed E-state index contributed by atoms with van der Waals surface area (Å²) in [7, 11) is 0. The van der Waals surface area contributed by atoms with Crippen LogP contribution in [0.25, 0.3) is 0 Å². The molecule has 1 N–H and O–H groups in total. The topological polar surface area (TPSA) is 46.9 Å². The lowest BCUT2D eigenvalue weighted by Gasteiger charge is -2.10. The summed E-state index contributed by atoms with van der Waals surface area (Å²) in [6.07, 6.45) is 0.847. The fourth-order valence-electron chi connectivity index (χ4n) is 1.51. The molecule has 0 radical (unpaired) electrons. The molecule has 0 unspecified atom stereocenters. The van der Waals surface area contributed by atoms with Gasteiger partial charge in [-0.25, -0.2) is 17.6 Å². The third-order valence-corrected chi connectivity index (χ3v) is 2.44. The van der Waals surface area contributed by atoms with Crippen LogP contribution in [0.4, 0.5) is 32.0 Å². The summed E-state index contributed by atoms with van der Waals surface area (Å²) in [5.41, 5.74) is -2.16. The predicted molar refractivity (Wildman–Crippen MR) is 57.7 cm³/mol. The van der Waals surface area contributed by atoms with Crippen LogP contribution in [0.2, 0.25) is 0 Å². The highest BCUT2D eigenvalue weighted by Gasteiger charge is 2.24. The van der Waals surface area contributed by atoms with Crippen LogP contribution in [0.3, 0.4) is 0 Å². The molecule has 0 aliphatic rings. The largest absolute Gasteiger partial charge is 0.333 e. The van der Waals surface area contributed by atoms with Crippen molar-refractivity contribution in [3.05, 3.63) is 47.3 Å². The Morgan fingerprint density at radius 3 is 2.24 bits per heavy atom. The van der Waals surface area contributed by atoms with Crippen LogP contribution in [-0.4, -0.2) is 15.7 Å². The number of hydrogen-bond acceptors (Lipinski definition) is 2. The lowest BCUT2D eigenvalue weighted by molar-refractivity contribution is 0.0520. The van der Waals surface area contributed by atoms with Crippen molar-refractivity contribution in [3.8, 4) is 0 Å². The van der Waals surface area contributed by atoms with Crippen molar-refractivity contribution in [2.75, 3.05) is 5.32 Å². The molecule has 0 saturated heterocycles. The summed E-state index contributed by atoms with van der Waals surface area (Å²) in [5.74, 6) is -8.61. The van der Waals surface area contributed by atoms with Crippen LogP contribution in [0.1, 0.15) is 17.0 Å². The minimum atomic E-state index is -3.18. The van der Waals surface area contributed by atoms with E-state index in [1.54, 1.807) is 0 Å². The summed E-state index contributed by atoms with van der Waals surface area (Å²) < 4.78 is 77.5. The number of carbonyl (C=O) groups excluding carboxylic acids is 1. The maximum absolute atomic E-state index is 13.3. The summed E-state index contributed by atoms with van der Waals surface area (Å²) in [5, 5.41) is 4.62. The Kier molecular flexibility index (Phi) is 3.87. The molecule has 0 atom stereocenters. The molecule has 1 heterocycles. The number of aromatic nitrogens is 2. The van der Waals surface area contributed by atoms with Gasteiger partial charge in [0.25, 0.3) is 5.91 Å². The second-order valence-electron chi connectivity index (χ2n) is 3.74. The maximum atomic E-state index is 13.3. The summed E-state index contributed by atoms with van der Waals surface area (Å²) >= 11 is 0. The molecule has 1 amide bonds. The molecule has 0 spiro atoms. The number of rotatable bonds is 3. The van der Waals surface area contributed by atoms with E-state index in [0.29, 0.717) is 0 Å². The van der Waals surface area contributed by atoms with Gasteiger partial charge in [0, 0.05) is 12.3 Å². The van der Waals surface area contributed by atoms with Crippen molar-refractivity contribution in [1.29, 1.82) is 0 Å². The molecular formula is C11H5F6N3O. The Morgan fingerprint density at radius 2 is 1.71 bits per heavy atom. The van der Waals surface area contributed by atoms with Crippen LogP contribution in [-0.2, 0) is 0 Å². The van der Waals surface area contributed by atoms with Gasteiger partial charge in [-0.1, -0.05) is 0 Å². The van der Waals surface area contributed by atoms with E-state index in [0.717, 1.165) is 12.3 Å². The van der Waals surface area contributed by atoms with Crippen molar-refractivity contribution < 1.29 is 31.1 Å². The predicted octanol–water partition coefficient (Wildman–Crippen LogP) is 3.09. The van der Waals surface area contributed by atoms with Gasteiger partial charge in [-0.2, -0.15) is 18.6 Å². The van der Waals surface area contributed by atoms with Gasteiger partial charge in [0.15, 0.2) is 23.3 Å². The van der Waals surface area contributed by atoms with Crippen molar-refractivity contribution in [3.63, 3.8) is 0 Å². The number of anilines is 1. The number of alkyl halides is 2. The maximum Gasteiger partial charge on any atom is 0.333 e. The normalized spacial score (nSPS) is 11.0. The molecule has 2 rings (SSSR count). The smallest absolute Gasteiger partial charge is 0.316 e. The molecule has 21 heavy (non-hydrogen) atoms. The molecule has 2 aromatic rings. The first kappa shape index (κ1) is 14.9. The standard InChI is InChI=1S/C11H5F6N3O/c12-4-3-5(13)8(15)9(7(4)14)19-10(21)6-1-2-18-20(6)11(16)17/h1-3,11H,(H,19,21). The Hall–Kier alpha value is -2.52. The molecule has 10 heteroatoms. The minimum absolute atomic E-state index is 0.0270. The third kappa shape index (κ3) is 2.69. The number of halogens is 6. The van der Waals surface area contributed by atoms with E-state index in [9.17, 15) is 31.1 Å². The van der Waals surface area contributed by atoms with E-state index in [1.807, 2.05) is 0 Å². The second-order valence-corrected chi connectivity index (χ2v) is 3.74. The minimum Gasteiger partial charge on any atom is -0.316 e. The Labute approximate surface area is 113 Å². The zero-order valence-electron chi connectivity index (χ0n) is 9.88. The molecule has 0 fully saturated rings. The average Bonchev–Trinajstić information content (AvgIpc) is 2.91. The highest BCUT2D eigenvalue weighted by atomic mass is 19.3. The second kappa shape index (κ2) is 5.46. The van der Waals surface area contributed by atoms with E-state index in [4.69, 9.17) is 0 Å². The number of hydrogen-bond donors (Lipinski definition) is 1. The van der Waals surface area contributed by atoms with Gasteiger partial charge in [-0.15, -0.1) is 0 Å². The fraction of sp³-hybridized carbons (Fsp3) is 0.0909. The SMILES string of the molecule is O=C(Nc1c(F)c(F)cc(F)c1F)c1ccnn1C(F)F. The van der Waals surface area contributed by atoms with Crippen molar-refractivity contribution in [2.24, 2.45) is 0 Å². The Morgan fingerprint density at radius 1 is 1.14 bits per heavy atom. The Bertz CT molecular complexity index is 673. The van der Waals surface area contributed by atoms with Crippen LogP contribution < -0.4 is 5.32 Å². The first-order valence-electron chi connectivity index (χ1n) is 5.29. The monoisotopic (exact) mass is 309 g/mol. The molecule has 112 valence electrons. The number of amides is 1. The van der Waals surface area contributed by atoms with Crippen LogP contribution >= 0.6 is 0 Å². The van der Waals surface area contributed by atoms with E-state index >= 15 is 0 Å². The number of carbonyl (C=O) groups is 1. The van der Waals surface area contributed by atoms with E-state index < -0.39 is 47.1 Å². The number of nitrogens with one attached hydrogen (secondary N) is 1. The highest BCUT2D eigenvalue weighted by Crippen LogP contribution is 2.25. The molecule has 1 aromatic carbocycles. The van der Waals surface area contributed by atoms with E-state index in [2.05, 4.69) is 5.10 Å². The van der Waals surface area contributed by atoms with Crippen LogP contribution in [0.5, 0.6) is 0 Å². The Balaban J connectivity index is 2.39. The quantitative estimate of drug-likeness (QED) is 0.699. The van der Waals surface area contributed by atoms with Gasteiger partial charge in [0.1, 0.15) is 11.4 Å². The number of nitrogens with zero attached hydrogens (tertiary/aromatic N) is 2. The lowest BCUT2D eigenvalue weighted by atomic mass is 10.2. The van der Waals surface area contributed by atoms with Crippen LogP contribution in [0.15, 0.2) is 18.3 Å². The molecule has 0 bridgehead atoms. The molecule has 0 aliphatic heterocycles. The zero-order valence-corrected chi connectivity index (χ0v) is 9.88. The van der Waals surface area contributed by atoms with Crippen molar-refractivity contribution >= 4 is 11.6 Å². The third-order valence-electron chi connectivity index (χ3n) is 2.44. The first-order valence-corrected chi connectivity index (χ1v) is 5.29. The van der Waals surface area contributed by atoms with Gasteiger partial charge in [0.2, 0.25) is 0 Å². The van der Waals surface area contributed by atoms with Crippen molar-refractivity contribution in [2.45, 2.75) is 6.55 Å². The van der Waals surface area contributed by atoms with Gasteiger partial charge >= 0.3 is 6.55 Å². The van der Waals surface area contributed by atoms with Gasteiger partial charge in [-0.05, 0) is 6.07 Å². The van der Waals surface area contributed by atoms with Gasteiger partial charge in [-0.3, -0.25) is 4.79 Å². The highest BCUT2D eigenvalue weighted by molar-refractivity contribution is 6.03. The van der Waals surface area contributed by atoms with Crippen LogP contribution in [0, 0.1) is 23.3 Å². The van der Waals surface area contributed by atoms with E-state index in [1.165, 1.54) is 5.32 Å². The van der Waals surface area contributed by atoms with Gasteiger partial charge < -0.3 is 5.32 Å². The fourth-order valence-corrected chi connectivity index (χ4v) is 1.51. The molecule has 0 saturated carbocycles.